The van der Waals surface area contributed by atoms with E-state index in [-0.39, 0.29) is 37.0 Å². The van der Waals surface area contributed by atoms with Gasteiger partial charge in [0.05, 0.1) is 36.7 Å². The van der Waals surface area contributed by atoms with Gasteiger partial charge in [-0.15, -0.1) is 0 Å². The number of amides is 2. The SMILES string of the molecule is COc1cccc([C@@H](C)NC(=O)CN2Cc3ccc(-c4nc(N[C@H](C)CO)ncc4Cl)cc3C2=O)c1. The maximum absolute atomic E-state index is 13.1. The van der Waals surface area contributed by atoms with Crippen LogP contribution in [0.5, 0.6) is 5.75 Å². The molecule has 1 aliphatic rings. The number of methoxy groups -OCH3 is 1. The van der Waals surface area contributed by atoms with Crippen molar-refractivity contribution in [2.24, 2.45) is 0 Å². The Hall–Kier alpha value is -3.69. The highest BCUT2D eigenvalue weighted by Crippen LogP contribution is 2.31. The number of ether oxygens (including phenoxy) is 1. The van der Waals surface area contributed by atoms with E-state index in [1.807, 2.05) is 43.3 Å². The molecule has 2 heterocycles. The van der Waals surface area contributed by atoms with Gasteiger partial charge in [-0.25, -0.2) is 9.97 Å². The number of halogens is 1. The summed E-state index contributed by atoms with van der Waals surface area (Å²) in [5.74, 6) is 0.558. The van der Waals surface area contributed by atoms with Crippen LogP contribution in [0.15, 0.2) is 48.7 Å². The van der Waals surface area contributed by atoms with Crippen molar-refractivity contribution >= 4 is 29.4 Å². The van der Waals surface area contributed by atoms with Crippen molar-refractivity contribution in [2.45, 2.75) is 32.5 Å². The van der Waals surface area contributed by atoms with Crippen molar-refractivity contribution in [3.63, 3.8) is 0 Å². The fourth-order valence-electron chi connectivity index (χ4n) is 4.00. The smallest absolute Gasteiger partial charge is 0.254 e. The molecular formula is C26H28ClN5O4. The molecule has 0 spiro atoms. The fourth-order valence-corrected chi connectivity index (χ4v) is 4.20. The van der Waals surface area contributed by atoms with E-state index in [0.717, 1.165) is 11.1 Å². The number of aliphatic hydroxyl groups excluding tert-OH is 1. The Kier molecular flexibility index (Phi) is 7.71. The minimum absolute atomic E-state index is 0.0570. The molecule has 0 fully saturated rings. The molecule has 1 aliphatic heterocycles. The number of hydrogen-bond acceptors (Lipinski definition) is 7. The van der Waals surface area contributed by atoms with Gasteiger partial charge in [0.15, 0.2) is 0 Å². The molecule has 188 valence electrons. The van der Waals surface area contributed by atoms with Crippen LogP contribution in [0, 0.1) is 0 Å². The molecule has 0 saturated carbocycles. The zero-order valence-corrected chi connectivity index (χ0v) is 21.0. The molecule has 0 radical (unpaired) electrons. The quantitative estimate of drug-likeness (QED) is 0.404. The highest BCUT2D eigenvalue weighted by atomic mass is 35.5. The summed E-state index contributed by atoms with van der Waals surface area (Å²) in [5.41, 5.74) is 3.38. The number of hydrogen-bond donors (Lipinski definition) is 3. The van der Waals surface area contributed by atoms with E-state index < -0.39 is 0 Å². The summed E-state index contributed by atoms with van der Waals surface area (Å²) >= 11 is 6.35. The second kappa shape index (κ2) is 10.9. The Morgan fingerprint density at radius 2 is 2.06 bits per heavy atom. The minimum Gasteiger partial charge on any atom is -0.497 e. The molecule has 36 heavy (non-hydrogen) atoms. The molecule has 1 aromatic heterocycles. The first-order valence-electron chi connectivity index (χ1n) is 11.5. The Morgan fingerprint density at radius 3 is 2.81 bits per heavy atom. The zero-order valence-electron chi connectivity index (χ0n) is 20.3. The predicted octanol–water partition coefficient (Wildman–Crippen LogP) is 3.43. The van der Waals surface area contributed by atoms with E-state index in [1.165, 1.54) is 11.1 Å². The van der Waals surface area contributed by atoms with Gasteiger partial charge < -0.3 is 25.4 Å². The molecule has 2 atom stereocenters. The van der Waals surface area contributed by atoms with Crippen molar-refractivity contribution in [1.29, 1.82) is 0 Å². The molecule has 0 aliphatic carbocycles. The van der Waals surface area contributed by atoms with Gasteiger partial charge in [-0.3, -0.25) is 9.59 Å². The Morgan fingerprint density at radius 1 is 1.25 bits per heavy atom. The molecule has 2 aromatic carbocycles. The van der Waals surface area contributed by atoms with Gasteiger partial charge in [-0.2, -0.15) is 0 Å². The average Bonchev–Trinajstić information content (AvgIpc) is 3.19. The van der Waals surface area contributed by atoms with Crippen LogP contribution >= 0.6 is 11.6 Å². The first-order valence-corrected chi connectivity index (χ1v) is 11.9. The number of aromatic nitrogens is 2. The van der Waals surface area contributed by atoms with Gasteiger partial charge in [-0.05, 0) is 43.2 Å². The Bertz CT molecular complexity index is 1280. The minimum atomic E-state index is -0.251. The summed E-state index contributed by atoms with van der Waals surface area (Å²) in [6, 6.07) is 12.4. The van der Waals surface area contributed by atoms with Crippen molar-refractivity contribution in [3.05, 3.63) is 70.4 Å². The molecule has 2 amide bonds. The molecule has 4 rings (SSSR count). The summed E-state index contributed by atoms with van der Waals surface area (Å²) in [5, 5.41) is 15.5. The molecule has 0 unspecified atom stereocenters. The van der Waals surface area contributed by atoms with E-state index >= 15 is 0 Å². The molecule has 3 N–H and O–H groups in total. The van der Waals surface area contributed by atoms with E-state index in [1.54, 1.807) is 20.1 Å². The lowest BCUT2D eigenvalue weighted by Gasteiger charge is -2.19. The van der Waals surface area contributed by atoms with Crippen LogP contribution in [-0.4, -0.2) is 58.1 Å². The number of aliphatic hydroxyl groups is 1. The maximum atomic E-state index is 13.1. The third kappa shape index (κ3) is 5.58. The molecule has 0 saturated heterocycles. The van der Waals surface area contributed by atoms with Gasteiger partial charge in [0, 0.05) is 23.7 Å². The molecule has 9 nitrogen and oxygen atoms in total. The number of anilines is 1. The Labute approximate surface area is 214 Å². The number of rotatable bonds is 9. The standard InChI is InChI=1S/C26H28ClN5O4/c1-15(14-33)29-26-28-11-22(27)24(31-26)18-7-8-19-12-32(25(35)21(19)10-18)13-23(34)30-16(2)17-5-4-6-20(9-17)36-3/h4-11,15-16,33H,12-14H2,1-3H3,(H,30,34)(H,28,29,31)/t15-,16-/m1/s1. The largest absolute Gasteiger partial charge is 0.497 e. The first-order chi connectivity index (χ1) is 17.3. The average molecular weight is 510 g/mol. The van der Waals surface area contributed by atoms with Crippen molar-refractivity contribution < 1.29 is 19.4 Å². The number of nitrogens with one attached hydrogen (secondary N) is 2. The topological polar surface area (TPSA) is 117 Å². The highest BCUT2D eigenvalue weighted by molar-refractivity contribution is 6.33. The van der Waals surface area contributed by atoms with Crippen molar-refractivity contribution in [3.8, 4) is 17.0 Å². The van der Waals surface area contributed by atoms with Gasteiger partial charge in [-0.1, -0.05) is 35.9 Å². The van der Waals surface area contributed by atoms with Crippen molar-refractivity contribution in [1.82, 2.24) is 20.2 Å². The van der Waals surface area contributed by atoms with Crippen molar-refractivity contribution in [2.75, 3.05) is 25.6 Å². The number of carbonyl (C=O) groups excluding carboxylic acids is 2. The fraction of sp³-hybridized carbons (Fsp3) is 0.308. The van der Waals surface area contributed by atoms with Crippen LogP contribution in [0.25, 0.3) is 11.3 Å². The zero-order chi connectivity index (χ0) is 25.8. The number of nitrogens with zero attached hydrogens (tertiary/aromatic N) is 3. The summed E-state index contributed by atoms with van der Waals surface area (Å²) < 4.78 is 5.25. The van der Waals surface area contributed by atoms with E-state index in [2.05, 4.69) is 20.6 Å². The Balaban J connectivity index is 1.46. The summed E-state index contributed by atoms with van der Waals surface area (Å²) in [6.45, 7) is 3.89. The molecular weight excluding hydrogens is 482 g/mol. The van der Waals surface area contributed by atoms with Gasteiger partial charge >= 0.3 is 0 Å². The van der Waals surface area contributed by atoms with E-state index in [9.17, 15) is 14.7 Å². The summed E-state index contributed by atoms with van der Waals surface area (Å²) in [4.78, 5) is 36.0. The van der Waals surface area contributed by atoms with Crippen LogP contribution in [0.2, 0.25) is 5.02 Å². The van der Waals surface area contributed by atoms with Crippen LogP contribution in [0.3, 0.4) is 0 Å². The summed E-state index contributed by atoms with van der Waals surface area (Å²) in [7, 11) is 1.59. The lowest BCUT2D eigenvalue weighted by Crippen LogP contribution is -2.38. The number of carbonyl (C=O) groups is 2. The number of fused-ring (bicyclic) bond motifs is 1. The molecule has 0 bridgehead atoms. The van der Waals surface area contributed by atoms with Crippen LogP contribution in [0.1, 0.15) is 41.4 Å². The molecule has 3 aromatic rings. The normalized spacial score (nSPS) is 14.2. The maximum Gasteiger partial charge on any atom is 0.254 e. The monoisotopic (exact) mass is 509 g/mol. The van der Waals surface area contributed by atoms with Gasteiger partial charge in [0.25, 0.3) is 5.91 Å². The third-order valence-corrected chi connectivity index (χ3v) is 6.24. The lowest BCUT2D eigenvalue weighted by atomic mass is 10.0. The van der Waals surface area contributed by atoms with Gasteiger partial charge in [0.1, 0.15) is 12.3 Å². The summed E-state index contributed by atoms with van der Waals surface area (Å²) in [6.07, 6.45) is 1.48. The van der Waals surface area contributed by atoms with E-state index in [0.29, 0.717) is 40.1 Å². The highest BCUT2D eigenvalue weighted by Gasteiger charge is 2.30. The first kappa shape index (κ1) is 25.4. The second-order valence-electron chi connectivity index (χ2n) is 8.72. The van der Waals surface area contributed by atoms with Crippen LogP contribution < -0.4 is 15.4 Å². The van der Waals surface area contributed by atoms with Crippen LogP contribution in [0.4, 0.5) is 5.95 Å². The van der Waals surface area contributed by atoms with Gasteiger partial charge in [0.2, 0.25) is 11.9 Å². The van der Waals surface area contributed by atoms with E-state index in [4.69, 9.17) is 16.3 Å². The predicted molar refractivity (Wildman–Crippen MR) is 137 cm³/mol. The number of benzene rings is 2. The lowest BCUT2D eigenvalue weighted by molar-refractivity contribution is -0.122. The van der Waals surface area contributed by atoms with Crippen LogP contribution in [-0.2, 0) is 11.3 Å². The second-order valence-corrected chi connectivity index (χ2v) is 9.12. The third-order valence-electron chi connectivity index (χ3n) is 5.96. The molecule has 10 heteroatoms.